The zero-order chi connectivity index (χ0) is 8.97. The van der Waals surface area contributed by atoms with Gasteiger partial charge in [0.05, 0.1) is 20.3 Å². The highest BCUT2D eigenvalue weighted by atomic mass is 19.3. The predicted molar refractivity (Wildman–Crippen MR) is 39.7 cm³/mol. The van der Waals surface area contributed by atoms with E-state index in [4.69, 9.17) is 9.47 Å². The second-order valence-corrected chi connectivity index (χ2v) is 2.43. The normalized spacial score (nSPS) is 25.0. The number of rotatable bonds is 1. The molecule has 1 atom stereocenters. The summed E-state index contributed by atoms with van der Waals surface area (Å²) in [5, 5.41) is 0. The van der Waals surface area contributed by atoms with Crippen LogP contribution in [0, 0.1) is 0 Å². The SMILES string of the molecule is COC1=NCC(C(F)F)OCC1. The van der Waals surface area contributed by atoms with Crippen molar-refractivity contribution in [1.29, 1.82) is 0 Å². The molecule has 0 aliphatic carbocycles. The average molecular weight is 179 g/mol. The number of hydrogen-bond acceptors (Lipinski definition) is 3. The van der Waals surface area contributed by atoms with E-state index in [1.165, 1.54) is 7.11 Å². The highest BCUT2D eigenvalue weighted by Gasteiger charge is 2.23. The summed E-state index contributed by atoms with van der Waals surface area (Å²) >= 11 is 0. The Balaban J connectivity index is 2.48. The summed E-state index contributed by atoms with van der Waals surface area (Å²) in [6.45, 7) is 0.239. The molecular formula is C7H11F2NO2. The Morgan fingerprint density at radius 1 is 1.67 bits per heavy atom. The summed E-state index contributed by atoms with van der Waals surface area (Å²) in [6.07, 6.45) is -3.07. The molecule has 0 spiro atoms. The third-order valence-electron chi connectivity index (χ3n) is 1.61. The predicted octanol–water partition coefficient (Wildman–Crippen LogP) is 1.09. The van der Waals surface area contributed by atoms with Gasteiger partial charge < -0.3 is 9.47 Å². The molecule has 0 aromatic carbocycles. The molecule has 0 N–H and O–H groups in total. The monoisotopic (exact) mass is 179 g/mol. The first-order chi connectivity index (χ1) is 5.74. The van der Waals surface area contributed by atoms with Gasteiger partial charge in [-0.1, -0.05) is 0 Å². The Hall–Kier alpha value is -0.710. The van der Waals surface area contributed by atoms with Crippen molar-refractivity contribution >= 4 is 5.90 Å². The van der Waals surface area contributed by atoms with Gasteiger partial charge in [0.1, 0.15) is 6.10 Å². The first-order valence-electron chi connectivity index (χ1n) is 3.71. The van der Waals surface area contributed by atoms with Gasteiger partial charge in [-0.25, -0.2) is 8.78 Å². The van der Waals surface area contributed by atoms with Crippen molar-refractivity contribution in [2.75, 3.05) is 20.3 Å². The van der Waals surface area contributed by atoms with Crippen LogP contribution < -0.4 is 0 Å². The van der Waals surface area contributed by atoms with Gasteiger partial charge in [0.2, 0.25) is 0 Å². The van der Waals surface area contributed by atoms with Gasteiger partial charge in [0, 0.05) is 6.42 Å². The van der Waals surface area contributed by atoms with Gasteiger partial charge in [0.15, 0.2) is 5.90 Å². The van der Waals surface area contributed by atoms with E-state index in [0.29, 0.717) is 12.3 Å². The van der Waals surface area contributed by atoms with Crippen molar-refractivity contribution in [3.63, 3.8) is 0 Å². The van der Waals surface area contributed by atoms with Crippen LogP contribution in [0.1, 0.15) is 6.42 Å². The van der Waals surface area contributed by atoms with Crippen molar-refractivity contribution in [1.82, 2.24) is 0 Å². The Labute approximate surface area is 69.4 Å². The van der Waals surface area contributed by atoms with Crippen molar-refractivity contribution < 1.29 is 18.3 Å². The third kappa shape index (κ3) is 2.41. The minimum absolute atomic E-state index is 0.0131. The average Bonchev–Trinajstić information content (AvgIpc) is 2.28. The van der Waals surface area contributed by atoms with E-state index in [-0.39, 0.29) is 13.2 Å². The highest BCUT2D eigenvalue weighted by Crippen LogP contribution is 2.10. The molecule has 12 heavy (non-hydrogen) atoms. The van der Waals surface area contributed by atoms with Crippen LogP contribution in [0.25, 0.3) is 0 Å². The largest absolute Gasteiger partial charge is 0.484 e. The van der Waals surface area contributed by atoms with E-state index in [2.05, 4.69) is 4.99 Å². The topological polar surface area (TPSA) is 30.8 Å². The van der Waals surface area contributed by atoms with Crippen molar-refractivity contribution in [3.05, 3.63) is 0 Å². The maximum absolute atomic E-state index is 12.1. The van der Waals surface area contributed by atoms with E-state index in [9.17, 15) is 8.78 Å². The lowest BCUT2D eigenvalue weighted by Crippen LogP contribution is -2.24. The van der Waals surface area contributed by atoms with Crippen LogP contribution in [0.4, 0.5) is 8.78 Å². The minimum atomic E-state index is -2.47. The standard InChI is InChI=1S/C7H11F2NO2/c1-11-6-2-3-12-5(4-10-6)7(8)9/h5,7H,2-4H2,1H3. The molecule has 0 radical (unpaired) electrons. The van der Waals surface area contributed by atoms with Crippen LogP contribution in [0.5, 0.6) is 0 Å². The molecular weight excluding hydrogens is 168 g/mol. The zero-order valence-electron chi connectivity index (χ0n) is 6.80. The maximum Gasteiger partial charge on any atom is 0.266 e. The zero-order valence-corrected chi connectivity index (χ0v) is 6.80. The Morgan fingerprint density at radius 3 is 3.00 bits per heavy atom. The number of ether oxygens (including phenoxy) is 2. The van der Waals surface area contributed by atoms with Gasteiger partial charge in [-0.15, -0.1) is 0 Å². The van der Waals surface area contributed by atoms with Gasteiger partial charge in [0.25, 0.3) is 6.43 Å². The van der Waals surface area contributed by atoms with Gasteiger partial charge in [-0.05, 0) is 0 Å². The molecule has 1 heterocycles. The molecule has 0 bridgehead atoms. The molecule has 1 unspecified atom stereocenters. The smallest absolute Gasteiger partial charge is 0.266 e. The van der Waals surface area contributed by atoms with Crippen LogP contribution in [-0.4, -0.2) is 38.7 Å². The van der Waals surface area contributed by atoms with E-state index >= 15 is 0 Å². The second kappa shape index (κ2) is 4.35. The highest BCUT2D eigenvalue weighted by molar-refractivity contribution is 5.76. The molecule has 0 amide bonds. The lowest BCUT2D eigenvalue weighted by molar-refractivity contribution is -0.0451. The molecule has 0 aromatic rings. The second-order valence-electron chi connectivity index (χ2n) is 2.43. The summed E-state index contributed by atoms with van der Waals surface area (Å²) in [5.41, 5.74) is 0. The Bertz CT molecular complexity index is 173. The molecule has 1 rings (SSSR count). The fraction of sp³-hybridized carbons (Fsp3) is 0.857. The van der Waals surface area contributed by atoms with Crippen molar-refractivity contribution in [2.45, 2.75) is 19.0 Å². The maximum atomic E-state index is 12.1. The summed E-state index contributed by atoms with van der Waals surface area (Å²) in [5.74, 6) is 0.484. The number of alkyl halides is 2. The fourth-order valence-corrected chi connectivity index (χ4v) is 0.940. The first-order valence-corrected chi connectivity index (χ1v) is 3.71. The summed E-state index contributed by atoms with van der Waals surface area (Å²) in [7, 11) is 1.47. The number of aliphatic imine (C=N–C) groups is 1. The van der Waals surface area contributed by atoms with Crippen molar-refractivity contribution in [2.24, 2.45) is 4.99 Å². The van der Waals surface area contributed by atoms with Crippen LogP contribution in [0.15, 0.2) is 4.99 Å². The molecule has 70 valence electrons. The lowest BCUT2D eigenvalue weighted by Gasteiger charge is -2.10. The van der Waals surface area contributed by atoms with E-state index in [1.54, 1.807) is 0 Å². The Morgan fingerprint density at radius 2 is 2.42 bits per heavy atom. The molecule has 1 aliphatic rings. The fourth-order valence-electron chi connectivity index (χ4n) is 0.940. The quantitative estimate of drug-likeness (QED) is 0.603. The molecule has 0 aromatic heterocycles. The Kier molecular flexibility index (Phi) is 3.40. The third-order valence-corrected chi connectivity index (χ3v) is 1.61. The van der Waals surface area contributed by atoms with Crippen molar-refractivity contribution in [3.8, 4) is 0 Å². The lowest BCUT2D eigenvalue weighted by atomic mass is 10.4. The molecule has 3 nitrogen and oxygen atoms in total. The van der Waals surface area contributed by atoms with Crippen LogP contribution in [0.2, 0.25) is 0 Å². The molecule has 1 aliphatic heterocycles. The van der Waals surface area contributed by atoms with Gasteiger partial charge in [-0.2, -0.15) is 0 Å². The van der Waals surface area contributed by atoms with E-state index in [0.717, 1.165) is 0 Å². The number of hydrogen-bond donors (Lipinski definition) is 0. The van der Waals surface area contributed by atoms with Gasteiger partial charge >= 0.3 is 0 Å². The summed E-state index contributed by atoms with van der Waals surface area (Å²) in [4.78, 5) is 3.83. The molecule has 0 saturated carbocycles. The van der Waals surface area contributed by atoms with E-state index in [1.807, 2.05) is 0 Å². The molecule has 0 saturated heterocycles. The van der Waals surface area contributed by atoms with Gasteiger partial charge in [-0.3, -0.25) is 4.99 Å². The molecule has 5 heteroatoms. The minimum Gasteiger partial charge on any atom is -0.484 e. The summed E-state index contributed by atoms with van der Waals surface area (Å²) < 4.78 is 33.9. The van der Waals surface area contributed by atoms with Crippen LogP contribution in [0.3, 0.4) is 0 Å². The number of methoxy groups -OCH3 is 1. The first kappa shape index (κ1) is 9.38. The number of nitrogens with zero attached hydrogens (tertiary/aromatic N) is 1. The number of halogens is 2. The summed E-state index contributed by atoms with van der Waals surface area (Å²) in [6, 6.07) is 0. The van der Waals surface area contributed by atoms with E-state index < -0.39 is 12.5 Å². The van der Waals surface area contributed by atoms with Crippen LogP contribution >= 0.6 is 0 Å². The molecule has 0 fully saturated rings. The van der Waals surface area contributed by atoms with Crippen LogP contribution in [-0.2, 0) is 9.47 Å².